The molecule has 220 valence electrons. The summed E-state index contributed by atoms with van der Waals surface area (Å²) in [5, 5.41) is 23.0. The lowest BCUT2D eigenvalue weighted by atomic mass is 9.92. The number of unbranched alkanes of at least 4 members (excludes halogenated alkanes) is 4. The molecule has 0 bridgehead atoms. The van der Waals surface area contributed by atoms with Gasteiger partial charge in [0, 0.05) is 12.6 Å². The van der Waals surface area contributed by atoms with Crippen molar-refractivity contribution in [3.63, 3.8) is 0 Å². The zero-order chi connectivity index (χ0) is 29.8. The van der Waals surface area contributed by atoms with Gasteiger partial charge >= 0.3 is 0 Å². The number of aliphatic hydroxyl groups is 1. The second kappa shape index (κ2) is 15.9. The van der Waals surface area contributed by atoms with E-state index in [1.807, 2.05) is 6.20 Å². The lowest BCUT2D eigenvalue weighted by Gasteiger charge is -2.23. The second-order valence-corrected chi connectivity index (χ2v) is 10.9. The van der Waals surface area contributed by atoms with E-state index in [1.165, 1.54) is 22.8 Å². The number of nitrogens with two attached hydrogens (primary N) is 1. The number of aliphatic hydroxyl groups excluding tert-OH is 1. The molecule has 2 aromatic rings. The third-order valence-corrected chi connectivity index (χ3v) is 7.12. The number of hydrogen-bond acceptors (Lipinski definition) is 7. The van der Waals surface area contributed by atoms with Gasteiger partial charge in [-0.15, -0.1) is 0 Å². The number of allylic oxidation sites excluding steroid dienone is 3. The number of Topliss-reactive ketones (excluding diaryl/α,β-unsaturated/α-hetero) is 1. The summed E-state index contributed by atoms with van der Waals surface area (Å²) >= 11 is 0. The van der Waals surface area contributed by atoms with Crippen molar-refractivity contribution in [2.24, 2.45) is 5.73 Å². The Balaban J connectivity index is 1.75. The number of ether oxygens (including phenoxy) is 1. The molecule has 0 aromatic heterocycles. The number of phenolic OH excluding ortho intramolecular Hbond substituents is 1. The van der Waals surface area contributed by atoms with Crippen LogP contribution in [-0.4, -0.2) is 34.7 Å². The summed E-state index contributed by atoms with van der Waals surface area (Å²) in [7, 11) is 0. The van der Waals surface area contributed by atoms with Crippen molar-refractivity contribution < 1.29 is 24.5 Å². The van der Waals surface area contributed by atoms with Crippen molar-refractivity contribution >= 4 is 17.6 Å². The van der Waals surface area contributed by atoms with Gasteiger partial charge in [-0.3, -0.25) is 9.59 Å². The Morgan fingerprint density at radius 1 is 1.02 bits per heavy atom. The van der Waals surface area contributed by atoms with Crippen molar-refractivity contribution in [2.75, 3.05) is 6.79 Å². The van der Waals surface area contributed by atoms with Crippen LogP contribution in [0.3, 0.4) is 0 Å². The van der Waals surface area contributed by atoms with Crippen LogP contribution in [0.15, 0.2) is 59.8 Å². The summed E-state index contributed by atoms with van der Waals surface area (Å²) in [5.74, 6) is -0.332. The van der Waals surface area contributed by atoms with Gasteiger partial charge in [0.15, 0.2) is 24.1 Å². The molecule has 7 nitrogen and oxygen atoms in total. The molecule has 1 heterocycles. The summed E-state index contributed by atoms with van der Waals surface area (Å²) in [6.07, 6.45) is 13.3. The molecule has 0 spiro atoms. The van der Waals surface area contributed by atoms with E-state index in [1.54, 1.807) is 18.2 Å². The Bertz CT molecular complexity index is 1290. The molecule has 0 fully saturated rings. The molecule has 3 rings (SSSR count). The number of rotatable bonds is 16. The number of ketones is 2. The van der Waals surface area contributed by atoms with E-state index in [-0.39, 0.29) is 35.7 Å². The minimum Gasteiger partial charge on any atom is -0.504 e. The standard InChI is InChI=1S/C34H44N2O5/c1-4-5-6-7-8-9-30(38)20-31(39)11-10-27-19-33(41-22-37)32(40)18-28(27)16-26-17-29(34(35)36-21-26)15-25-13-23(2)12-24(3)14-25/h10-14,17-19,21,34,36-37,40H,4-9,15-16,20,22,35H2,1-3H3. The number of aromatic hydroxyl groups is 1. The molecule has 41 heavy (non-hydrogen) atoms. The molecule has 1 atom stereocenters. The molecule has 2 aromatic carbocycles. The van der Waals surface area contributed by atoms with E-state index >= 15 is 0 Å². The van der Waals surface area contributed by atoms with Gasteiger partial charge in [-0.25, -0.2) is 0 Å². The molecule has 1 aliphatic heterocycles. The third kappa shape index (κ3) is 10.3. The first-order valence-corrected chi connectivity index (χ1v) is 14.5. The third-order valence-electron chi connectivity index (χ3n) is 7.12. The van der Waals surface area contributed by atoms with Crippen LogP contribution in [0, 0.1) is 13.8 Å². The molecule has 0 aliphatic carbocycles. The summed E-state index contributed by atoms with van der Waals surface area (Å²) in [5.41, 5.74) is 13.3. The summed E-state index contributed by atoms with van der Waals surface area (Å²) < 4.78 is 5.16. The molecule has 1 aliphatic rings. The molecule has 1 unspecified atom stereocenters. The number of nitrogens with one attached hydrogen (secondary N) is 1. The van der Waals surface area contributed by atoms with Crippen LogP contribution in [0.2, 0.25) is 0 Å². The van der Waals surface area contributed by atoms with Crippen LogP contribution < -0.4 is 15.8 Å². The topological polar surface area (TPSA) is 122 Å². The highest BCUT2D eigenvalue weighted by Crippen LogP contribution is 2.32. The predicted octanol–water partition coefficient (Wildman–Crippen LogP) is 5.72. The number of benzene rings is 2. The predicted molar refractivity (Wildman–Crippen MR) is 163 cm³/mol. The highest BCUT2D eigenvalue weighted by molar-refractivity contribution is 6.06. The minimum atomic E-state index is -0.598. The number of phenols is 1. The first-order chi connectivity index (χ1) is 19.7. The van der Waals surface area contributed by atoms with Crippen molar-refractivity contribution in [2.45, 2.75) is 84.7 Å². The van der Waals surface area contributed by atoms with E-state index in [9.17, 15) is 19.8 Å². The SMILES string of the molecule is CCCCCCCC(=O)CC(=O)C=Cc1cc(OCO)c(O)cc1CC1=CNC(N)C(Cc2cc(C)cc(C)c2)=C1. The van der Waals surface area contributed by atoms with Gasteiger partial charge in [0.2, 0.25) is 0 Å². The van der Waals surface area contributed by atoms with Crippen LogP contribution >= 0.6 is 0 Å². The van der Waals surface area contributed by atoms with Gasteiger partial charge in [0.1, 0.15) is 5.78 Å². The van der Waals surface area contributed by atoms with Gasteiger partial charge in [-0.1, -0.05) is 74.1 Å². The van der Waals surface area contributed by atoms with E-state index in [0.29, 0.717) is 24.8 Å². The lowest BCUT2D eigenvalue weighted by molar-refractivity contribution is -0.124. The fourth-order valence-electron chi connectivity index (χ4n) is 5.13. The molecule has 7 heteroatoms. The van der Waals surface area contributed by atoms with Crippen molar-refractivity contribution in [1.82, 2.24) is 5.32 Å². The Labute approximate surface area is 243 Å². The summed E-state index contributed by atoms with van der Waals surface area (Å²) in [6, 6.07) is 9.62. The molecule has 0 saturated carbocycles. The fraction of sp³-hybridized carbons (Fsp3) is 0.412. The van der Waals surface area contributed by atoms with Crippen molar-refractivity contribution in [1.29, 1.82) is 0 Å². The van der Waals surface area contributed by atoms with Crippen LogP contribution in [0.25, 0.3) is 6.08 Å². The molecule has 0 saturated heterocycles. The van der Waals surface area contributed by atoms with E-state index in [0.717, 1.165) is 48.8 Å². The zero-order valence-corrected chi connectivity index (χ0v) is 24.5. The average molecular weight is 561 g/mol. The number of carbonyl (C=O) groups excluding carboxylic acids is 2. The molecule has 0 radical (unpaired) electrons. The second-order valence-electron chi connectivity index (χ2n) is 10.9. The van der Waals surface area contributed by atoms with Crippen LogP contribution in [0.5, 0.6) is 11.5 Å². The van der Waals surface area contributed by atoms with Gasteiger partial charge in [-0.05, 0) is 79.2 Å². The highest BCUT2D eigenvalue weighted by atomic mass is 16.6. The number of aryl methyl sites for hydroxylation is 2. The van der Waals surface area contributed by atoms with E-state index in [2.05, 4.69) is 50.4 Å². The fourth-order valence-corrected chi connectivity index (χ4v) is 5.13. The molecular formula is C34H44N2O5. The molecule has 5 N–H and O–H groups in total. The Morgan fingerprint density at radius 3 is 2.46 bits per heavy atom. The quantitative estimate of drug-likeness (QED) is 0.0896. The summed E-state index contributed by atoms with van der Waals surface area (Å²) in [4.78, 5) is 24.8. The normalized spacial score (nSPS) is 14.9. The smallest absolute Gasteiger partial charge is 0.186 e. The van der Waals surface area contributed by atoms with Crippen molar-refractivity contribution in [3.8, 4) is 11.5 Å². The Morgan fingerprint density at radius 2 is 1.76 bits per heavy atom. The van der Waals surface area contributed by atoms with Gasteiger partial charge in [0.25, 0.3) is 0 Å². The molecule has 0 amide bonds. The number of carbonyl (C=O) groups is 2. The van der Waals surface area contributed by atoms with E-state index in [4.69, 9.17) is 10.5 Å². The zero-order valence-electron chi connectivity index (χ0n) is 24.5. The average Bonchev–Trinajstić information content (AvgIpc) is 2.90. The first-order valence-electron chi connectivity index (χ1n) is 14.5. The number of dihydropyridines is 1. The Kier molecular flexibility index (Phi) is 12.4. The minimum absolute atomic E-state index is 0.0531. The highest BCUT2D eigenvalue weighted by Gasteiger charge is 2.17. The summed E-state index contributed by atoms with van der Waals surface area (Å²) in [6.45, 7) is 5.71. The van der Waals surface area contributed by atoms with Crippen LogP contribution in [0.4, 0.5) is 0 Å². The van der Waals surface area contributed by atoms with Crippen LogP contribution in [0.1, 0.15) is 79.7 Å². The maximum Gasteiger partial charge on any atom is 0.186 e. The van der Waals surface area contributed by atoms with Gasteiger partial charge in [0.05, 0.1) is 12.6 Å². The largest absolute Gasteiger partial charge is 0.504 e. The Hall–Kier alpha value is -3.68. The number of hydrogen-bond donors (Lipinski definition) is 4. The van der Waals surface area contributed by atoms with Gasteiger partial charge in [-0.2, -0.15) is 0 Å². The maximum absolute atomic E-state index is 12.6. The monoisotopic (exact) mass is 560 g/mol. The van der Waals surface area contributed by atoms with Crippen LogP contribution in [-0.2, 0) is 22.4 Å². The van der Waals surface area contributed by atoms with E-state index < -0.39 is 6.79 Å². The maximum atomic E-state index is 12.6. The first kappa shape index (κ1) is 31.8. The van der Waals surface area contributed by atoms with Gasteiger partial charge < -0.3 is 26.0 Å². The lowest BCUT2D eigenvalue weighted by Crippen LogP contribution is -2.38. The van der Waals surface area contributed by atoms with Crippen molar-refractivity contribution in [3.05, 3.63) is 87.6 Å². The molecular weight excluding hydrogens is 516 g/mol.